The molecule has 0 aromatic carbocycles. The van der Waals surface area contributed by atoms with E-state index in [-0.39, 0.29) is 36.6 Å². The summed E-state index contributed by atoms with van der Waals surface area (Å²) >= 11 is 0. The molecule has 22 heavy (non-hydrogen) atoms. The van der Waals surface area contributed by atoms with Gasteiger partial charge in [-0.3, -0.25) is 9.97 Å². The maximum absolute atomic E-state index is 11.9. The van der Waals surface area contributed by atoms with Crippen LogP contribution in [0.2, 0.25) is 0 Å². The van der Waals surface area contributed by atoms with Crippen molar-refractivity contribution in [3.63, 3.8) is 0 Å². The summed E-state index contributed by atoms with van der Waals surface area (Å²) < 4.78 is 0. The summed E-state index contributed by atoms with van der Waals surface area (Å²) in [4.78, 5) is 7.61. The minimum absolute atomic E-state index is 0. The normalized spacial score (nSPS) is 11.5. The average molecular weight is 353 g/mol. The third-order valence-electron chi connectivity index (χ3n) is 2.75. The molecule has 0 spiro atoms. The molecule has 0 fully saturated rings. The van der Waals surface area contributed by atoms with Gasteiger partial charge in [0.25, 0.3) is 0 Å². The van der Waals surface area contributed by atoms with Crippen molar-refractivity contribution in [2.24, 2.45) is 10.2 Å². The Morgan fingerprint density at radius 1 is 1.32 bits per heavy atom. The summed E-state index contributed by atoms with van der Waals surface area (Å²) in [5, 5.41) is 41.6. The van der Waals surface area contributed by atoms with Gasteiger partial charge in [-0.2, -0.15) is 10.2 Å². The monoisotopic (exact) mass is 352 g/mol. The second-order valence-electron chi connectivity index (χ2n) is 4.14. The molecule has 8 heteroatoms. The number of aryl methyl sites for hydroxylation is 1. The molecule has 0 aliphatic carbocycles. The molecular formula is C14H11GaN4O3. The first-order chi connectivity index (χ1) is 10.1. The Kier molecular flexibility index (Phi) is 6.77. The predicted octanol–water partition coefficient (Wildman–Crippen LogP) is -1.52. The number of nitrogens with zero attached hydrogens (tertiary/aromatic N) is 4. The van der Waals surface area contributed by atoms with E-state index < -0.39 is 18.3 Å². The van der Waals surface area contributed by atoms with Crippen molar-refractivity contribution in [3.05, 3.63) is 53.1 Å². The van der Waals surface area contributed by atoms with Crippen LogP contribution in [0, 0.1) is 6.92 Å². The van der Waals surface area contributed by atoms with Gasteiger partial charge < -0.3 is 15.3 Å². The van der Waals surface area contributed by atoms with Crippen LogP contribution in [0.3, 0.4) is 0 Å². The van der Waals surface area contributed by atoms with Gasteiger partial charge in [-0.25, -0.2) is 0 Å². The fraction of sp³-hybridized carbons (Fsp3) is 0.143. The molecular weight excluding hydrogens is 342 g/mol. The van der Waals surface area contributed by atoms with Gasteiger partial charge in [0, 0.05) is 30.2 Å². The van der Waals surface area contributed by atoms with E-state index in [1.165, 1.54) is 37.6 Å². The summed E-state index contributed by atoms with van der Waals surface area (Å²) in [7, 11) is 0. The Balaban J connectivity index is 0.00000242. The molecule has 0 aliphatic rings. The van der Waals surface area contributed by atoms with Crippen molar-refractivity contribution in [1.29, 1.82) is 0 Å². The second-order valence-corrected chi connectivity index (χ2v) is 4.14. The Morgan fingerprint density at radius 3 is 2.64 bits per heavy atom. The van der Waals surface area contributed by atoms with E-state index in [1.54, 1.807) is 0 Å². The SMILES string of the molecule is Cc1ncc(C[O-])c(/C=N\N=C(/[O-])c2ccncc2)c1[O-].[Ga+3]. The van der Waals surface area contributed by atoms with Crippen molar-refractivity contribution in [3.8, 4) is 5.75 Å². The smallest absolute Gasteiger partial charge is 0.871 e. The van der Waals surface area contributed by atoms with Gasteiger partial charge in [0.05, 0.1) is 6.21 Å². The molecule has 2 aromatic heterocycles. The van der Waals surface area contributed by atoms with Crippen molar-refractivity contribution in [2.45, 2.75) is 13.5 Å². The van der Waals surface area contributed by atoms with E-state index in [2.05, 4.69) is 20.2 Å². The zero-order valence-corrected chi connectivity index (χ0v) is 14.2. The molecule has 2 heterocycles. The maximum Gasteiger partial charge on any atom is 3.00 e. The van der Waals surface area contributed by atoms with E-state index in [1.807, 2.05) is 0 Å². The van der Waals surface area contributed by atoms with Crippen LogP contribution in [0.15, 0.2) is 40.9 Å². The van der Waals surface area contributed by atoms with Crippen LogP contribution >= 0.6 is 0 Å². The first kappa shape index (κ1) is 17.9. The first-order valence-electron chi connectivity index (χ1n) is 6.05. The van der Waals surface area contributed by atoms with Crippen molar-refractivity contribution in [1.82, 2.24) is 9.97 Å². The Morgan fingerprint density at radius 2 is 2.00 bits per heavy atom. The molecule has 0 aliphatic heterocycles. The molecule has 0 saturated carbocycles. The van der Waals surface area contributed by atoms with Crippen LogP contribution in [-0.4, -0.2) is 41.9 Å². The quantitative estimate of drug-likeness (QED) is 0.286. The molecule has 0 radical (unpaired) electrons. The van der Waals surface area contributed by atoms with Gasteiger partial charge in [-0.1, -0.05) is 5.75 Å². The number of hydrogen-bond donors (Lipinski definition) is 0. The molecule has 0 amide bonds. The fourth-order valence-corrected chi connectivity index (χ4v) is 1.59. The van der Waals surface area contributed by atoms with E-state index >= 15 is 0 Å². The number of rotatable bonds is 4. The molecule has 108 valence electrons. The Labute approximate surface area is 140 Å². The van der Waals surface area contributed by atoms with Gasteiger partial charge in [-0.15, -0.1) is 6.61 Å². The summed E-state index contributed by atoms with van der Waals surface area (Å²) in [6.45, 7) is 0.940. The van der Waals surface area contributed by atoms with Crippen LogP contribution in [0.25, 0.3) is 0 Å². The number of aromatic nitrogens is 2. The van der Waals surface area contributed by atoms with Gasteiger partial charge in [0.2, 0.25) is 0 Å². The third-order valence-corrected chi connectivity index (χ3v) is 2.75. The zero-order valence-electron chi connectivity index (χ0n) is 11.8. The number of hydrogen-bond acceptors (Lipinski definition) is 7. The molecule has 0 bridgehead atoms. The largest absolute Gasteiger partial charge is 3.00 e. The summed E-state index contributed by atoms with van der Waals surface area (Å²) in [5.74, 6) is -0.950. The van der Waals surface area contributed by atoms with Crippen molar-refractivity contribution in [2.75, 3.05) is 0 Å². The number of pyridine rings is 2. The van der Waals surface area contributed by atoms with Crippen LogP contribution in [0.4, 0.5) is 0 Å². The summed E-state index contributed by atoms with van der Waals surface area (Å²) in [6, 6.07) is 3.00. The van der Waals surface area contributed by atoms with E-state index in [0.717, 1.165) is 6.21 Å². The first-order valence-corrected chi connectivity index (χ1v) is 6.05. The van der Waals surface area contributed by atoms with Crippen LogP contribution in [0.5, 0.6) is 5.75 Å². The molecule has 0 atom stereocenters. The standard InChI is InChI=1S/C14H13N4O3.Ga/c1-9-13(20)12(11(8-19)6-16-9)7-17-18-14(21)10-2-4-15-5-3-10;/h2-7,20H,8H2,1H3,(H,18,21);/q-1;+3/p-2/b17-7-;. The van der Waals surface area contributed by atoms with Crippen molar-refractivity contribution < 1.29 is 15.3 Å². The third kappa shape index (κ3) is 4.17. The molecule has 0 N–H and O–H groups in total. The minimum atomic E-state index is -0.595. The molecule has 0 unspecified atom stereocenters. The summed E-state index contributed by atoms with van der Waals surface area (Å²) in [6.07, 6.45) is 5.37. The minimum Gasteiger partial charge on any atom is -0.871 e. The average Bonchev–Trinajstić information content (AvgIpc) is 2.52. The van der Waals surface area contributed by atoms with Gasteiger partial charge in [-0.05, 0) is 35.7 Å². The molecule has 2 aromatic rings. The Bertz CT molecular complexity index is 690. The van der Waals surface area contributed by atoms with Gasteiger partial charge in [0.15, 0.2) is 0 Å². The summed E-state index contributed by atoms with van der Waals surface area (Å²) in [5.41, 5.74) is 0.929. The topological polar surface area (TPSA) is 120 Å². The van der Waals surface area contributed by atoms with Crippen LogP contribution < -0.4 is 15.3 Å². The van der Waals surface area contributed by atoms with E-state index in [9.17, 15) is 15.3 Å². The maximum atomic E-state index is 11.9. The van der Waals surface area contributed by atoms with Gasteiger partial charge in [0.1, 0.15) is 0 Å². The van der Waals surface area contributed by atoms with E-state index in [0.29, 0.717) is 5.56 Å². The molecule has 7 nitrogen and oxygen atoms in total. The fourth-order valence-electron chi connectivity index (χ4n) is 1.59. The zero-order chi connectivity index (χ0) is 15.2. The van der Waals surface area contributed by atoms with Crippen LogP contribution in [0.1, 0.15) is 22.4 Å². The van der Waals surface area contributed by atoms with Crippen LogP contribution in [-0.2, 0) is 6.61 Å². The Hall–Kier alpha value is -2.16. The van der Waals surface area contributed by atoms with E-state index in [4.69, 9.17) is 0 Å². The predicted molar refractivity (Wildman–Crippen MR) is 76.2 cm³/mol. The second kappa shape index (κ2) is 8.32. The molecule has 0 saturated heterocycles. The van der Waals surface area contributed by atoms with Crippen molar-refractivity contribution >= 4 is 31.9 Å². The van der Waals surface area contributed by atoms with Gasteiger partial charge >= 0.3 is 19.8 Å². The molecule has 2 rings (SSSR count).